The summed E-state index contributed by atoms with van der Waals surface area (Å²) in [7, 11) is 0. The smallest absolute Gasteiger partial charge is 0.277 e. The van der Waals surface area contributed by atoms with Gasteiger partial charge in [-0.05, 0) is 31.9 Å². The second-order valence-corrected chi connectivity index (χ2v) is 6.59. The number of carbonyl (C=O) groups excluding carboxylic acids is 2. The molecule has 9 nitrogen and oxygen atoms in total. The molecule has 1 aliphatic heterocycles. The number of amides is 2. The van der Waals surface area contributed by atoms with E-state index in [1.54, 1.807) is 15.6 Å². The van der Waals surface area contributed by atoms with Crippen molar-refractivity contribution in [3.05, 3.63) is 48.1 Å². The third-order valence-corrected chi connectivity index (χ3v) is 4.82. The minimum atomic E-state index is -0.499. The van der Waals surface area contributed by atoms with E-state index in [0.717, 1.165) is 12.8 Å². The third kappa shape index (κ3) is 2.71. The molecule has 4 heterocycles. The highest BCUT2D eigenvalue weighted by atomic mass is 16.5. The van der Waals surface area contributed by atoms with E-state index < -0.39 is 5.54 Å². The number of pyridine rings is 1. The van der Waals surface area contributed by atoms with E-state index in [1.807, 2.05) is 25.1 Å². The van der Waals surface area contributed by atoms with Crippen LogP contribution in [0.2, 0.25) is 0 Å². The van der Waals surface area contributed by atoms with Crippen LogP contribution in [0.3, 0.4) is 0 Å². The molecule has 2 amide bonds. The van der Waals surface area contributed by atoms with Crippen LogP contribution in [0.15, 0.2) is 41.2 Å². The number of rotatable bonds is 4. The Balaban J connectivity index is 1.53. The van der Waals surface area contributed by atoms with E-state index in [0.29, 0.717) is 24.3 Å². The van der Waals surface area contributed by atoms with Gasteiger partial charge < -0.3 is 14.7 Å². The zero-order chi connectivity index (χ0) is 18.1. The fourth-order valence-electron chi connectivity index (χ4n) is 3.37. The van der Waals surface area contributed by atoms with Crippen molar-refractivity contribution < 1.29 is 14.1 Å². The van der Waals surface area contributed by atoms with Gasteiger partial charge in [0.25, 0.3) is 11.8 Å². The Bertz CT molecular complexity index is 950. The maximum atomic E-state index is 13.1. The molecule has 1 unspecified atom stereocenters. The highest BCUT2D eigenvalue weighted by Gasteiger charge is 2.41. The van der Waals surface area contributed by atoms with Gasteiger partial charge in [-0.2, -0.15) is 0 Å². The minimum Gasteiger partial charge on any atom is -0.364 e. The molecule has 0 spiro atoms. The largest absolute Gasteiger partial charge is 0.364 e. The van der Waals surface area contributed by atoms with Gasteiger partial charge in [-0.1, -0.05) is 16.4 Å². The van der Waals surface area contributed by atoms with E-state index in [-0.39, 0.29) is 17.5 Å². The molecule has 0 aromatic carbocycles. The molecule has 0 bridgehead atoms. The van der Waals surface area contributed by atoms with Gasteiger partial charge in [-0.15, -0.1) is 5.10 Å². The summed E-state index contributed by atoms with van der Waals surface area (Å²) < 4.78 is 6.27. The van der Waals surface area contributed by atoms with Crippen molar-refractivity contribution >= 4 is 17.3 Å². The van der Waals surface area contributed by atoms with Crippen LogP contribution < -0.4 is 5.32 Å². The average Bonchev–Trinajstić information content (AvgIpc) is 3.38. The molecule has 0 radical (unpaired) electrons. The van der Waals surface area contributed by atoms with Crippen molar-refractivity contribution in [1.29, 1.82) is 0 Å². The molecule has 1 atom stereocenters. The van der Waals surface area contributed by atoms with Crippen LogP contribution in [-0.2, 0) is 0 Å². The summed E-state index contributed by atoms with van der Waals surface area (Å²) in [6.45, 7) is 2.90. The lowest BCUT2D eigenvalue weighted by molar-refractivity contribution is 0.0605. The predicted molar refractivity (Wildman–Crippen MR) is 90.5 cm³/mol. The molecule has 0 saturated carbocycles. The first kappa shape index (κ1) is 16.2. The van der Waals surface area contributed by atoms with Gasteiger partial charge in [0.1, 0.15) is 6.26 Å². The molecule has 1 aliphatic rings. The van der Waals surface area contributed by atoms with Crippen molar-refractivity contribution in [2.45, 2.75) is 25.3 Å². The Morgan fingerprint density at radius 1 is 1.35 bits per heavy atom. The molecule has 3 aromatic heterocycles. The molecule has 26 heavy (non-hydrogen) atoms. The number of hydrogen-bond donors (Lipinski definition) is 1. The molecule has 0 aliphatic carbocycles. The predicted octanol–water partition coefficient (Wildman–Crippen LogP) is 1.14. The lowest BCUT2D eigenvalue weighted by Crippen LogP contribution is -2.52. The highest BCUT2D eigenvalue weighted by Crippen LogP contribution is 2.30. The fourth-order valence-corrected chi connectivity index (χ4v) is 3.37. The van der Waals surface area contributed by atoms with Crippen molar-refractivity contribution in [3.8, 4) is 0 Å². The van der Waals surface area contributed by atoms with Crippen molar-refractivity contribution in [2.24, 2.45) is 0 Å². The third-order valence-electron chi connectivity index (χ3n) is 4.82. The number of fused-ring (bicyclic) bond motifs is 1. The first-order valence-electron chi connectivity index (χ1n) is 8.39. The van der Waals surface area contributed by atoms with Crippen LogP contribution in [0.5, 0.6) is 0 Å². The molecule has 1 N–H and O–H groups in total. The van der Waals surface area contributed by atoms with Crippen molar-refractivity contribution in [1.82, 2.24) is 30.2 Å². The topological polar surface area (TPSA) is 106 Å². The van der Waals surface area contributed by atoms with Crippen LogP contribution in [0.25, 0.3) is 5.52 Å². The number of likely N-dealkylation sites (tertiary alicyclic amines) is 1. The van der Waals surface area contributed by atoms with Gasteiger partial charge >= 0.3 is 0 Å². The molecule has 9 heteroatoms. The number of nitrogens with zero attached hydrogens (tertiary/aromatic N) is 5. The van der Waals surface area contributed by atoms with Gasteiger partial charge in [-0.3, -0.25) is 9.59 Å². The Hall–Kier alpha value is -3.23. The standard InChI is InChI=1S/C17H18N6O3/c1-17(11-18-15(24)12-6-10-26-20-12)7-4-8-22(17)16(25)14-13-5-2-3-9-23(13)21-19-14/h2-3,5-6,9-10H,4,7-8,11H2,1H3,(H,18,24). The first-order chi connectivity index (χ1) is 12.6. The molecule has 3 aromatic rings. The van der Waals surface area contributed by atoms with Crippen LogP contribution in [0, 0.1) is 0 Å². The lowest BCUT2D eigenvalue weighted by atomic mass is 9.98. The van der Waals surface area contributed by atoms with Crippen LogP contribution >= 0.6 is 0 Å². The number of carbonyl (C=O) groups is 2. The molecule has 134 valence electrons. The zero-order valence-corrected chi connectivity index (χ0v) is 14.3. The first-order valence-corrected chi connectivity index (χ1v) is 8.39. The van der Waals surface area contributed by atoms with Crippen molar-refractivity contribution in [2.75, 3.05) is 13.1 Å². The van der Waals surface area contributed by atoms with Crippen LogP contribution in [-0.4, -0.2) is 55.3 Å². The van der Waals surface area contributed by atoms with Gasteiger partial charge in [0.05, 0.1) is 11.1 Å². The Morgan fingerprint density at radius 2 is 2.23 bits per heavy atom. The second-order valence-electron chi connectivity index (χ2n) is 6.59. The number of hydrogen-bond acceptors (Lipinski definition) is 6. The second kappa shape index (κ2) is 6.25. The maximum absolute atomic E-state index is 13.1. The molecular weight excluding hydrogens is 336 g/mol. The Morgan fingerprint density at radius 3 is 3.04 bits per heavy atom. The summed E-state index contributed by atoms with van der Waals surface area (Å²) in [6.07, 6.45) is 4.75. The van der Waals surface area contributed by atoms with E-state index in [4.69, 9.17) is 0 Å². The summed E-state index contributed by atoms with van der Waals surface area (Å²) in [5.74, 6) is -0.504. The summed E-state index contributed by atoms with van der Waals surface area (Å²) in [5.41, 5.74) is 0.704. The summed E-state index contributed by atoms with van der Waals surface area (Å²) in [4.78, 5) is 27.0. The van der Waals surface area contributed by atoms with E-state index in [1.165, 1.54) is 12.3 Å². The quantitative estimate of drug-likeness (QED) is 0.753. The number of aromatic nitrogens is 4. The Labute approximate surface area is 148 Å². The number of nitrogens with one attached hydrogen (secondary N) is 1. The summed E-state index contributed by atoms with van der Waals surface area (Å²) >= 11 is 0. The van der Waals surface area contributed by atoms with Crippen LogP contribution in [0.4, 0.5) is 0 Å². The van der Waals surface area contributed by atoms with Crippen molar-refractivity contribution in [3.63, 3.8) is 0 Å². The SMILES string of the molecule is CC1(CNC(=O)c2ccon2)CCCN1C(=O)c1nnn2ccccc12. The van der Waals surface area contributed by atoms with Gasteiger partial charge in [0, 0.05) is 25.4 Å². The fraction of sp³-hybridized carbons (Fsp3) is 0.353. The lowest BCUT2D eigenvalue weighted by Gasteiger charge is -2.35. The van der Waals surface area contributed by atoms with E-state index >= 15 is 0 Å². The molecule has 1 fully saturated rings. The van der Waals surface area contributed by atoms with E-state index in [9.17, 15) is 9.59 Å². The van der Waals surface area contributed by atoms with Gasteiger partial charge in [0.15, 0.2) is 11.4 Å². The molecule has 1 saturated heterocycles. The van der Waals surface area contributed by atoms with Crippen LogP contribution in [0.1, 0.15) is 40.7 Å². The van der Waals surface area contributed by atoms with Gasteiger partial charge in [-0.25, -0.2) is 4.52 Å². The average molecular weight is 354 g/mol. The maximum Gasteiger partial charge on any atom is 0.277 e. The monoisotopic (exact) mass is 354 g/mol. The summed E-state index contributed by atoms with van der Waals surface area (Å²) in [6, 6.07) is 6.98. The molecular formula is C17H18N6O3. The zero-order valence-electron chi connectivity index (χ0n) is 14.3. The highest BCUT2D eigenvalue weighted by molar-refractivity contribution is 5.99. The van der Waals surface area contributed by atoms with Gasteiger partial charge in [0.2, 0.25) is 0 Å². The summed E-state index contributed by atoms with van der Waals surface area (Å²) in [5, 5.41) is 14.5. The molecule has 4 rings (SSSR count). The van der Waals surface area contributed by atoms with E-state index in [2.05, 4.69) is 25.3 Å². The Kier molecular flexibility index (Phi) is 3.90. The normalized spacial score (nSPS) is 19.8. The minimum absolute atomic E-state index is 0.179.